The van der Waals surface area contributed by atoms with Crippen LogP contribution in [0.25, 0.3) is 0 Å². The highest BCUT2D eigenvalue weighted by atomic mass is 16.1. The molecule has 2 heteroatoms. The third-order valence-corrected chi connectivity index (χ3v) is 5.14. The number of likely N-dealkylation sites (tertiary alicyclic amines) is 1. The maximum Gasteiger partial charge on any atom is 0.130 e. The van der Waals surface area contributed by atoms with Crippen LogP contribution in [-0.4, -0.2) is 23.8 Å². The molecule has 20 heavy (non-hydrogen) atoms. The smallest absolute Gasteiger partial charge is 0.130 e. The number of carbonyl (C=O) groups is 1. The zero-order valence-electron chi connectivity index (χ0n) is 12.6. The van der Waals surface area contributed by atoms with Crippen molar-refractivity contribution in [2.45, 2.75) is 51.5 Å². The number of hydrogen-bond acceptors (Lipinski definition) is 2. The highest BCUT2D eigenvalue weighted by Gasteiger charge is 2.41. The minimum absolute atomic E-state index is 0.316. The second kappa shape index (κ2) is 5.69. The highest BCUT2D eigenvalue weighted by Crippen LogP contribution is 2.49. The predicted molar refractivity (Wildman–Crippen MR) is 81.8 cm³/mol. The van der Waals surface area contributed by atoms with Gasteiger partial charge in [-0.05, 0) is 55.8 Å². The largest absolute Gasteiger partial charge is 0.300 e. The van der Waals surface area contributed by atoms with Gasteiger partial charge in [-0.25, -0.2) is 0 Å². The van der Waals surface area contributed by atoms with Gasteiger partial charge in [0.2, 0.25) is 0 Å². The molecule has 3 atom stereocenters. The minimum atomic E-state index is 0.316. The van der Waals surface area contributed by atoms with Crippen molar-refractivity contribution in [3.8, 4) is 0 Å². The molecule has 0 aromatic heterocycles. The van der Waals surface area contributed by atoms with Crippen LogP contribution in [0, 0.1) is 5.92 Å². The lowest BCUT2D eigenvalue weighted by Gasteiger charge is -2.36. The summed E-state index contributed by atoms with van der Waals surface area (Å²) in [6.45, 7) is 6.50. The fourth-order valence-electron chi connectivity index (χ4n) is 4.24. The average Bonchev–Trinajstić information content (AvgIpc) is 2.72. The summed E-state index contributed by atoms with van der Waals surface area (Å²) in [7, 11) is 0. The zero-order valence-corrected chi connectivity index (χ0v) is 12.6. The van der Waals surface area contributed by atoms with E-state index in [9.17, 15) is 4.79 Å². The van der Waals surface area contributed by atoms with Crippen LogP contribution in [0.1, 0.15) is 62.6 Å². The first kappa shape index (κ1) is 13.8. The van der Waals surface area contributed by atoms with Crippen LogP contribution in [0.4, 0.5) is 0 Å². The normalized spacial score (nSPS) is 30.2. The van der Waals surface area contributed by atoms with E-state index in [0.29, 0.717) is 30.1 Å². The van der Waals surface area contributed by atoms with Gasteiger partial charge >= 0.3 is 0 Å². The molecule has 0 amide bonds. The quantitative estimate of drug-likeness (QED) is 0.830. The number of fused-ring (bicyclic) bond motifs is 1. The van der Waals surface area contributed by atoms with E-state index in [1.54, 1.807) is 6.92 Å². The molecule has 1 fully saturated rings. The van der Waals surface area contributed by atoms with E-state index < -0.39 is 0 Å². The Bertz CT molecular complexity index is 490. The Labute approximate surface area is 122 Å². The van der Waals surface area contributed by atoms with Gasteiger partial charge in [-0.1, -0.05) is 37.6 Å². The van der Waals surface area contributed by atoms with Gasteiger partial charge in [0.05, 0.1) is 0 Å². The molecule has 0 N–H and O–H groups in total. The average molecular weight is 271 g/mol. The molecule has 0 saturated carbocycles. The lowest BCUT2D eigenvalue weighted by Crippen LogP contribution is -2.35. The fraction of sp³-hybridized carbons (Fsp3) is 0.611. The number of piperidine rings is 1. The van der Waals surface area contributed by atoms with Crippen molar-refractivity contribution in [2.75, 3.05) is 13.1 Å². The zero-order chi connectivity index (χ0) is 14.1. The highest BCUT2D eigenvalue weighted by molar-refractivity contribution is 5.76. The lowest BCUT2D eigenvalue weighted by atomic mass is 9.87. The first-order valence-electron chi connectivity index (χ1n) is 8.01. The van der Waals surface area contributed by atoms with Crippen molar-refractivity contribution in [1.29, 1.82) is 0 Å². The summed E-state index contributed by atoms with van der Waals surface area (Å²) in [5.74, 6) is 1.28. The number of nitrogens with zero attached hydrogens (tertiary/aromatic N) is 1. The van der Waals surface area contributed by atoms with Crippen molar-refractivity contribution in [2.24, 2.45) is 5.92 Å². The van der Waals surface area contributed by atoms with E-state index in [4.69, 9.17) is 0 Å². The molecule has 3 unspecified atom stereocenters. The summed E-state index contributed by atoms with van der Waals surface area (Å²) in [5.41, 5.74) is 2.90. The Morgan fingerprint density at radius 3 is 2.45 bits per heavy atom. The van der Waals surface area contributed by atoms with E-state index in [1.807, 2.05) is 0 Å². The number of hydrogen-bond donors (Lipinski definition) is 0. The Kier molecular flexibility index (Phi) is 3.93. The number of Topliss-reactive ketones (excluding diaryl/α,β-unsaturated/α-hetero) is 1. The first-order chi connectivity index (χ1) is 9.68. The van der Waals surface area contributed by atoms with Crippen molar-refractivity contribution in [1.82, 2.24) is 4.90 Å². The van der Waals surface area contributed by atoms with Crippen molar-refractivity contribution in [3.63, 3.8) is 0 Å². The molecule has 1 aliphatic carbocycles. The van der Waals surface area contributed by atoms with E-state index in [-0.39, 0.29) is 0 Å². The van der Waals surface area contributed by atoms with Crippen molar-refractivity contribution in [3.05, 3.63) is 35.4 Å². The third kappa shape index (κ3) is 2.42. The van der Waals surface area contributed by atoms with Gasteiger partial charge in [0.15, 0.2) is 0 Å². The van der Waals surface area contributed by atoms with Gasteiger partial charge < -0.3 is 4.79 Å². The fourth-order valence-corrected chi connectivity index (χ4v) is 4.24. The topological polar surface area (TPSA) is 20.3 Å². The van der Waals surface area contributed by atoms with Crippen molar-refractivity contribution >= 4 is 5.78 Å². The van der Waals surface area contributed by atoms with Gasteiger partial charge in [0, 0.05) is 12.5 Å². The molecule has 1 heterocycles. The van der Waals surface area contributed by atoms with E-state index >= 15 is 0 Å². The second-order valence-electron chi connectivity index (χ2n) is 6.54. The van der Waals surface area contributed by atoms with Crippen LogP contribution in [0.5, 0.6) is 0 Å². The van der Waals surface area contributed by atoms with E-state index in [0.717, 1.165) is 0 Å². The molecule has 2 nitrogen and oxygen atoms in total. The summed E-state index contributed by atoms with van der Waals surface area (Å²) in [6, 6.07) is 9.32. The summed E-state index contributed by atoms with van der Waals surface area (Å²) in [4.78, 5) is 14.3. The van der Waals surface area contributed by atoms with Gasteiger partial charge in [0.1, 0.15) is 5.78 Å². The summed E-state index contributed by atoms with van der Waals surface area (Å²) in [5, 5.41) is 0. The van der Waals surface area contributed by atoms with E-state index in [2.05, 4.69) is 36.1 Å². The van der Waals surface area contributed by atoms with Crippen LogP contribution in [-0.2, 0) is 4.79 Å². The first-order valence-corrected chi connectivity index (χ1v) is 8.01. The Hall–Kier alpha value is -1.15. The Balaban J connectivity index is 1.93. The van der Waals surface area contributed by atoms with Crippen LogP contribution in [0.15, 0.2) is 24.3 Å². The lowest BCUT2D eigenvalue weighted by molar-refractivity contribution is -0.117. The van der Waals surface area contributed by atoms with Gasteiger partial charge in [-0.3, -0.25) is 4.90 Å². The molecule has 1 aliphatic heterocycles. The molecule has 1 aromatic carbocycles. The van der Waals surface area contributed by atoms with Crippen LogP contribution in [0.2, 0.25) is 0 Å². The molecule has 2 aliphatic rings. The number of carbonyl (C=O) groups excluding carboxylic acids is 1. The Morgan fingerprint density at radius 2 is 1.80 bits per heavy atom. The van der Waals surface area contributed by atoms with Crippen LogP contribution >= 0.6 is 0 Å². The van der Waals surface area contributed by atoms with E-state index in [1.165, 1.54) is 43.5 Å². The molecule has 1 aromatic rings. The molecule has 0 spiro atoms. The predicted octanol–water partition coefficient (Wildman–Crippen LogP) is 3.93. The summed E-state index contributed by atoms with van der Waals surface area (Å²) < 4.78 is 0. The van der Waals surface area contributed by atoms with Gasteiger partial charge in [0.25, 0.3) is 0 Å². The maximum absolute atomic E-state index is 11.6. The molecule has 0 radical (unpaired) electrons. The molecular weight excluding hydrogens is 246 g/mol. The number of benzene rings is 1. The molecule has 0 bridgehead atoms. The summed E-state index contributed by atoms with van der Waals surface area (Å²) in [6.07, 6.45) is 4.71. The van der Waals surface area contributed by atoms with Gasteiger partial charge in [-0.15, -0.1) is 0 Å². The molecule has 3 rings (SSSR count). The standard InChI is InChI=1S/C18H25NO/c1-13(20)12-17-14(2)18(19-10-6-3-7-11-19)16-9-5-4-8-15(16)17/h4-5,8-9,14,17-18H,3,6-7,10-12H2,1-2H3. The third-order valence-electron chi connectivity index (χ3n) is 5.14. The molecule has 1 saturated heterocycles. The van der Waals surface area contributed by atoms with Gasteiger partial charge in [-0.2, -0.15) is 0 Å². The van der Waals surface area contributed by atoms with Crippen molar-refractivity contribution < 1.29 is 4.79 Å². The monoisotopic (exact) mass is 271 g/mol. The van der Waals surface area contributed by atoms with Crippen LogP contribution in [0.3, 0.4) is 0 Å². The Morgan fingerprint density at radius 1 is 1.15 bits per heavy atom. The number of ketones is 1. The van der Waals surface area contributed by atoms with Crippen LogP contribution < -0.4 is 0 Å². The molecular formula is C18H25NO. The maximum atomic E-state index is 11.6. The summed E-state index contributed by atoms with van der Waals surface area (Å²) >= 11 is 0. The second-order valence-corrected chi connectivity index (χ2v) is 6.54. The molecule has 108 valence electrons. The SMILES string of the molecule is CC(=O)CC1c2ccccc2C(N2CCCCC2)C1C. The minimum Gasteiger partial charge on any atom is -0.300 e. The number of rotatable bonds is 3.